The van der Waals surface area contributed by atoms with Crippen molar-refractivity contribution in [2.75, 3.05) is 13.1 Å². The minimum Gasteiger partial charge on any atom is -0.444 e. The molecule has 0 radical (unpaired) electrons. The van der Waals surface area contributed by atoms with Crippen molar-refractivity contribution in [1.82, 2.24) is 15.0 Å². The van der Waals surface area contributed by atoms with Crippen LogP contribution in [0.2, 0.25) is 0 Å². The van der Waals surface area contributed by atoms with Crippen LogP contribution in [0.4, 0.5) is 4.79 Å². The van der Waals surface area contributed by atoms with E-state index in [0.717, 1.165) is 0 Å². The number of carbonyl (C=O) groups is 2. The van der Waals surface area contributed by atoms with Crippen LogP contribution in [0.15, 0.2) is 10.6 Å². The number of piperazine rings is 1. The van der Waals surface area contributed by atoms with Crippen LogP contribution in [-0.4, -0.2) is 57.7 Å². The van der Waals surface area contributed by atoms with Gasteiger partial charge in [-0.1, -0.05) is 19.0 Å². The molecular weight excluding hydrogens is 322 g/mol. The fourth-order valence-electron chi connectivity index (χ4n) is 2.99. The van der Waals surface area contributed by atoms with Gasteiger partial charge in [0.1, 0.15) is 11.4 Å². The summed E-state index contributed by atoms with van der Waals surface area (Å²) in [6.45, 7) is 14.2. The Morgan fingerprint density at radius 3 is 2.24 bits per heavy atom. The van der Waals surface area contributed by atoms with Gasteiger partial charge in [-0.2, -0.15) is 0 Å². The lowest BCUT2D eigenvalue weighted by molar-refractivity contribution is -0.00514. The van der Waals surface area contributed by atoms with E-state index >= 15 is 0 Å². The molecule has 7 nitrogen and oxygen atoms in total. The molecule has 1 aromatic rings. The predicted octanol–water partition coefficient (Wildman–Crippen LogP) is 3.27. The summed E-state index contributed by atoms with van der Waals surface area (Å²) in [7, 11) is 0. The van der Waals surface area contributed by atoms with Crippen molar-refractivity contribution >= 4 is 12.0 Å². The van der Waals surface area contributed by atoms with Crippen molar-refractivity contribution in [3.63, 3.8) is 0 Å². The van der Waals surface area contributed by atoms with Gasteiger partial charge in [0.15, 0.2) is 5.69 Å². The van der Waals surface area contributed by atoms with Crippen molar-refractivity contribution in [3.05, 3.63) is 17.5 Å². The van der Waals surface area contributed by atoms with Gasteiger partial charge in [-0.25, -0.2) is 4.79 Å². The highest BCUT2D eigenvalue weighted by atomic mass is 16.6. The fourth-order valence-corrected chi connectivity index (χ4v) is 2.99. The number of ether oxygens (including phenoxy) is 1. The minimum absolute atomic E-state index is 0.136. The number of hydrogen-bond acceptors (Lipinski definition) is 5. The zero-order chi connectivity index (χ0) is 18.9. The standard InChI is InChI=1S/C18H29N3O4/c1-11(2)15-8-14(19-25-15)16(22)21-12(3)9-20(10-13(21)4)17(23)24-18(5,6)7/h8,11-13H,9-10H2,1-7H3. The summed E-state index contributed by atoms with van der Waals surface area (Å²) < 4.78 is 10.7. The summed E-state index contributed by atoms with van der Waals surface area (Å²) in [5, 5.41) is 3.91. The van der Waals surface area contributed by atoms with Crippen LogP contribution in [-0.2, 0) is 4.74 Å². The van der Waals surface area contributed by atoms with Gasteiger partial charge in [0.05, 0.1) is 0 Å². The van der Waals surface area contributed by atoms with Crippen LogP contribution >= 0.6 is 0 Å². The van der Waals surface area contributed by atoms with E-state index in [9.17, 15) is 9.59 Å². The highest BCUT2D eigenvalue weighted by Crippen LogP contribution is 2.22. The highest BCUT2D eigenvalue weighted by Gasteiger charge is 2.37. The van der Waals surface area contributed by atoms with Crippen LogP contribution in [0.5, 0.6) is 0 Å². The third-order valence-electron chi connectivity index (χ3n) is 4.12. The third-order valence-corrected chi connectivity index (χ3v) is 4.12. The zero-order valence-electron chi connectivity index (χ0n) is 16.2. The summed E-state index contributed by atoms with van der Waals surface area (Å²) in [5.74, 6) is 0.698. The summed E-state index contributed by atoms with van der Waals surface area (Å²) in [6.07, 6.45) is -0.346. The average molecular weight is 351 g/mol. The molecule has 0 bridgehead atoms. The molecule has 25 heavy (non-hydrogen) atoms. The Hall–Kier alpha value is -2.05. The zero-order valence-corrected chi connectivity index (χ0v) is 16.2. The molecule has 1 fully saturated rings. The summed E-state index contributed by atoms with van der Waals surface area (Å²) in [6, 6.07) is 1.43. The Morgan fingerprint density at radius 1 is 1.24 bits per heavy atom. The quantitative estimate of drug-likeness (QED) is 0.817. The molecule has 7 heteroatoms. The van der Waals surface area contributed by atoms with Crippen molar-refractivity contribution in [2.45, 2.75) is 72.1 Å². The first-order valence-corrected chi connectivity index (χ1v) is 8.76. The summed E-state index contributed by atoms with van der Waals surface area (Å²) >= 11 is 0. The lowest BCUT2D eigenvalue weighted by atomic mass is 10.1. The van der Waals surface area contributed by atoms with Crippen molar-refractivity contribution in [1.29, 1.82) is 0 Å². The number of nitrogens with zero attached hydrogens (tertiary/aromatic N) is 3. The van der Waals surface area contributed by atoms with Crippen molar-refractivity contribution in [2.24, 2.45) is 0 Å². The highest BCUT2D eigenvalue weighted by molar-refractivity contribution is 5.93. The monoisotopic (exact) mass is 351 g/mol. The van der Waals surface area contributed by atoms with E-state index in [1.54, 1.807) is 15.9 Å². The molecule has 0 N–H and O–H groups in total. The van der Waals surface area contributed by atoms with Gasteiger partial charge in [-0.3, -0.25) is 4.79 Å². The van der Waals surface area contributed by atoms with Crippen LogP contribution in [0.1, 0.15) is 70.6 Å². The molecule has 2 atom stereocenters. The molecular formula is C18H29N3O4. The Kier molecular flexibility index (Phi) is 5.44. The van der Waals surface area contributed by atoms with Crippen LogP contribution in [0, 0.1) is 0 Å². The van der Waals surface area contributed by atoms with Crippen molar-refractivity contribution in [3.8, 4) is 0 Å². The molecule has 2 unspecified atom stereocenters. The molecule has 0 saturated carbocycles. The number of hydrogen-bond donors (Lipinski definition) is 0. The van der Waals surface area contributed by atoms with Gasteiger partial charge in [0, 0.05) is 37.2 Å². The number of amides is 2. The number of aromatic nitrogens is 1. The maximum absolute atomic E-state index is 12.8. The topological polar surface area (TPSA) is 75.9 Å². The maximum atomic E-state index is 12.8. The van der Waals surface area contributed by atoms with Gasteiger partial charge < -0.3 is 19.1 Å². The van der Waals surface area contributed by atoms with Crippen LogP contribution in [0.3, 0.4) is 0 Å². The van der Waals surface area contributed by atoms with Gasteiger partial charge in [0.2, 0.25) is 0 Å². The normalized spacial score (nSPS) is 21.6. The third kappa shape index (κ3) is 4.52. The van der Waals surface area contributed by atoms with E-state index in [0.29, 0.717) is 24.5 Å². The second kappa shape index (κ2) is 7.06. The maximum Gasteiger partial charge on any atom is 0.410 e. The molecule has 1 aromatic heterocycles. The van der Waals surface area contributed by atoms with Crippen molar-refractivity contribution < 1.29 is 18.8 Å². The smallest absolute Gasteiger partial charge is 0.410 e. The second-order valence-electron chi connectivity index (χ2n) is 8.07. The summed E-state index contributed by atoms with van der Waals surface area (Å²) in [5.41, 5.74) is -0.224. The molecule has 2 amide bonds. The molecule has 1 aliphatic rings. The number of carbonyl (C=O) groups excluding carboxylic acids is 2. The second-order valence-corrected chi connectivity index (χ2v) is 8.07. The first-order chi connectivity index (χ1) is 11.5. The Labute approximate surface area is 149 Å². The molecule has 140 valence electrons. The molecule has 0 aromatic carbocycles. The summed E-state index contributed by atoms with van der Waals surface area (Å²) in [4.78, 5) is 28.6. The number of rotatable bonds is 2. The Balaban J connectivity index is 2.09. The first-order valence-electron chi connectivity index (χ1n) is 8.76. The van der Waals surface area contributed by atoms with E-state index in [-0.39, 0.29) is 30.0 Å². The molecule has 2 rings (SSSR count). The molecule has 2 heterocycles. The molecule has 1 saturated heterocycles. The average Bonchev–Trinajstić information content (AvgIpc) is 2.94. The Morgan fingerprint density at radius 2 is 1.80 bits per heavy atom. The van der Waals surface area contributed by atoms with Gasteiger partial charge in [-0.05, 0) is 34.6 Å². The largest absolute Gasteiger partial charge is 0.444 e. The van der Waals surface area contributed by atoms with Crippen LogP contribution in [0.25, 0.3) is 0 Å². The molecule has 0 spiro atoms. The lowest BCUT2D eigenvalue weighted by Gasteiger charge is -2.44. The van der Waals surface area contributed by atoms with E-state index in [1.807, 2.05) is 48.5 Å². The fraction of sp³-hybridized carbons (Fsp3) is 0.722. The lowest BCUT2D eigenvalue weighted by Crippen LogP contribution is -2.60. The van der Waals surface area contributed by atoms with E-state index in [1.165, 1.54) is 0 Å². The first kappa shape index (κ1) is 19.3. The Bertz CT molecular complexity index is 621. The van der Waals surface area contributed by atoms with E-state index in [4.69, 9.17) is 9.26 Å². The van der Waals surface area contributed by atoms with Crippen LogP contribution < -0.4 is 0 Å². The SMILES string of the molecule is CC(C)c1cc(C(=O)N2C(C)CN(C(=O)OC(C)(C)C)CC2C)no1. The van der Waals surface area contributed by atoms with Gasteiger partial charge in [-0.15, -0.1) is 0 Å². The molecule has 0 aliphatic carbocycles. The minimum atomic E-state index is -0.537. The van der Waals surface area contributed by atoms with E-state index < -0.39 is 5.60 Å². The van der Waals surface area contributed by atoms with Gasteiger partial charge in [0.25, 0.3) is 5.91 Å². The predicted molar refractivity (Wildman–Crippen MR) is 93.5 cm³/mol. The molecule has 1 aliphatic heterocycles. The van der Waals surface area contributed by atoms with Gasteiger partial charge >= 0.3 is 6.09 Å². The van der Waals surface area contributed by atoms with E-state index in [2.05, 4.69) is 5.16 Å².